The van der Waals surface area contributed by atoms with E-state index in [0.717, 1.165) is 11.3 Å². The fourth-order valence-electron chi connectivity index (χ4n) is 2.80. The maximum absolute atomic E-state index is 12.3. The van der Waals surface area contributed by atoms with Gasteiger partial charge in [0.2, 0.25) is 5.91 Å². The minimum Gasteiger partial charge on any atom is -0.326 e. The molecule has 1 aliphatic carbocycles. The average Bonchev–Trinajstić information content (AvgIpc) is 2.69. The van der Waals surface area contributed by atoms with Crippen molar-refractivity contribution in [1.29, 1.82) is 0 Å². The maximum atomic E-state index is 12.3. The van der Waals surface area contributed by atoms with Crippen LogP contribution < -0.4 is 5.32 Å². The summed E-state index contributed by atoms with van der Waals surface area (Å²) in [6.07, 6.45) is 0. The van der Waals surface area contributed by atoms with Crippen molar-refractivity contribution in [3.63, 3.8) is 0 Å². The summed E-state index contributed by atoms with van der Waals surface area (Å²) < 4.78 is 0. The Balaban J connectivity index is 2.09. The Hall–Kier alpha value is -1.02. The van der Waals surface area contributed by atoms with E-state index in [1.165, 1.54) is 0 Å². The Morgan fingerprint density at radius 3 is 2.39 bits per heavy atom. The maximum Gasteiger partial charge on any atom is 0.228 e. The zero-order valence-corrected chi connectivity index (χ0v) is 12.1. The monoisotopic (exact) mass is 265 g/mol. The minimum atomic E-state index is 0.0706. The lowest BCUT2D eigenvalue weighted by Crippen LogP contribution is -2.17. The molecule has 2 rings (SSSR count). The number of halogens is 1. The van der Waals surface area contributed by atoms with Gasteiger partial charge in [0.15, 0.2) is 0 Å². The van der Waals surface area contributed by atoms with E-state index in [1.807, 2.05) is 24.3 Å². The van der Waals surface area contributed by atoms with Crippen molar-refractivity contribution < 1.29 is 4.79 Å². The lowest BCUT2D eigenvalue weighted by molar-refractivity contribution is -0.118. The van der Waals surface area contributed by atoms with Gasteiger partial charge in [-0.3, -0.25) is 4.79 Å². The highest BCUT2D eigenvalue weighted by molar-refractivity contribution is 6.17. The van der Waals surface area contributed by atoms with Crippen LogP contribution in [0.3, 0.4) is 0 Å². The third-order valence-corrected chi connectivity index (χ3v) is 4.94. The lowest BCUT2D eigenvalue weighted by atomic mass is 10.0. The molecule has 2 nitrogen and oxygen atoms in total. The van der Waals surface area contributed by atoms with Crippen molar-refractivity contribution >= 4 is 23.2 Å². The molecule has 1 aromatic carbocycles. The first-order valence-corrected chi connectivity index (χ1v) is 6.80. The molecule has 0 radical (unpaired) electrons. The molecule has 1 saturated carbocycles. The molecule has 0 aliphatic heterocycles. The first-order chi connectivity index (χ1) is 8.30. The van der Waals surface area contributed by atoms with Crippen LogP contribution in [0.2, 0.25) is 0 Å². The van der Waals surface area contributed by atoms with Gasteiger partial charge in [-0.2, -0.15) is 0 Å². The van der Waals surface area contributed by atoms with Crippen LogP contribution in [0.25, 0.3) is 0 Å². The number of nitrogens with one attached hydrogen (secondary N) is 1. The van der Waals surface area contributed by atoms with E-state index in [1.54, 1.807) is 0 Å². The third-order valence-electron chi connectivity index (χ3n) is 4.63. The standard InChI is InChI=1S/C15H20ClNO/c1-14(2)12(15(14,3)4)13(18)17-11-7-5-6-10(8-11)9-16/h5-8,12H,9H2,1-4H3,(H,17,18). The van der Waals surface area contributed by atoms with Crippen molar-refractivity contribution in [2.45, 2.75) is 33.6 Å². The molecule has 0 spiro atoms. The molecule has 0 aromatic heterocycles. The molecule has 0 bridgehead atoms. The van der Waals surface area contributed by atoms with E-state index in [2.05, 4.69) is 33.0 Å². The Bertz CT molecular complexity index is 465. The van der Waals surface area contributed by atoms with Crippen molar-refractivity contribution in [2.24, 2.45) is 16.7 Å². The van der Waals surface area contributed by atoms with Gasteiger partial charge >= 0.3 is 0 Å². The van der Waals surface area contributed by atoms with Gasteiger partial charge in [-0.15, -0.1) is 11.6 Å². The SMILES string of the molecule is CC1(C)C(C(=O)Nc2cccc(CCl)c2)C1(C)C. The topological polar surface area (TPSA) is 29.1 Å². The summed E-state index contributed by atoms with van der Waals surface area (Å²) in [6, 6.07) is 7.69. The van der Waals surface area contributed by atoms with E-state index >= 15 is 0 Å². The average molecular weight is 266 g/mol. The van der Waals surface area contributed by atoms with E-state index in [9.17, 15) is 4.79 Å². The molecule has 0 atom stereocenters. The van der Waals surface area contributed by atoms with Gasteiger partial charge in [0, 0.05) is 17.5 Å². The summed E-state index contributed by atoms with van der Waals surface area (Å²) in [5.74, 6) is 0.644. The number of benzene rings is 1. The van der Waals surface area contributed by atoms with Gasteiger partial charge in [-0.1, -0.05) is 39.8 Å². The summed E-state index contributed by atoms with van der Waals surface area (Å²) in [4.78, 5) is 12.3. The second-order valence-corrected chi connectivity index (χ2v) is 6.47. The molecule has 0 heterocycles. The zero-order chi connectivity index (χ0) is 13.6. The number of rotatable bonds is 3. The molecule has 0 saturated heterocycles. The third kappa shape index (κ3) is 2.03. The minimum absolute atomic E-state index is 0.0706. The van der Waals surface area contributed by atoms with Gasteiger partial charge in [-0.05, 0) is 28.5 Å². The Kier molecular flexibility index (Phi) is 3.18. The largest absolute Gasteiger partial charge is 0.326 e. The van der Waals surface area contributed by atoms with Gasteiger partial charge < -0.3 is 5.32 Å². The van der Waals surface area contributed by atoms with Gasteiger partial charge in [0.25, 0.3) is 0 Å². The highest BCUT2D eigenvalue weighted by atomic mass is 35.5. The number of alkyl halides is 1. The van der Waals surface area contributed by atoms with Crippen LogP contribution in [-0.2, 0) is 10.7 Å². The summed E-state index contributed by atoms with van der Waals surface area (Å²) in [6.45, 7) is 8.58. The predicted octanol–water partition coefficient (Wildman–Crippen LogP) is 4.05. The Morgan fingerprint density at radius 2 is 1.89 bits per heavy atom. The molecular formula is C15H20ClNO. The molecular weight excluding hydrogens is 246 g/mol. The molecule has 1 fully saturated rings. The van der Waals surface area contributed by atoms with Crippen molar-refractivity contribution in [3.8, 4) is 0 Å². The second kappa shape index (κ2) is 4.27. The van der Waals surface area contributed by atoms with E-state index in [4.69, 9.17) is 11.6 Å². The van der Waals surface area contributed by atoms with E-state index in [-0.39, 0.29) is 22.7 Å². The smallest absolute Gasteiger partial charge is 0.228 e. The fraction of sp³-hybridized carbons (Fsp3) is 0.533. The molecule has 1 amide bonds. The van der Waals surface area contributed by atoms with E-state index < -0.39 is 0 Å². The number of carbonyl (C=O) groups is 1. The fourth-order valence-corrected chi connectivity index (χ4v) is 2.96. The van der Waals surface area contributed by atoms with Crippen LogP contribution in [0, 0.1) is 16.7 Å². The number of anilines is 1. The van der Waals surface area contributed by atoms with Crippen LogP contribution in [0.5, 0.6) is 0 Å². The summed E-state index contributed by atoms with van der Waals surface area (Å²) in [5, 5.41) is 2.99. The van der Waals surface area contributed by atoms with Crippen molar-refractivity contribution in [2.75, 3.05) is 5.32 Å². The van der Waals surface area contributed by atoms with Crippen LogP contribution in [-0.4, -0.2) is 5.91 Å². The van der Waals surface area contributed by atoms with Crippen LogP contribution in [0.15, 0.2) is 24.3 Å². The molecule has 98 valence electrons. The summed E-state index contributed by atoms with van der Waals surface area (Å²) in [7, 11) is 0. The first kappa shape index (κ1) is 13.4. The predicted molar refractivity (Wildman–Crippen MR) is 75.7 cm³/mol. The van der Waals surface area contributed by atoms with Crippen LogP contribution >= 0.6 is 11.6 Å². The van der Waals surface area contributed by atoms with E-state index in [0.29, 0.717) is 5.88 Å². The lowest BCUT2D eigenvalue weighted by Gasteiger charge is -2.07. The Labute approximate surface area is 114 Å². The highest BCUT2D eigenvalue weighted by Crippen LogP contribution is 2.68. The number of amides is 1. The summed E-state index contributed by atoms with van der Waals surface area (Å²) in [5.41, 5.74) is 1.99. The van der Waals surface area contributed by atoms with Crippen LogP contribution in [0.4, 0.5) is 5.69 Å². The summed E-state index contributed by atoms with van der Waals surface area (Å²) >= 11 is 5.79. The molecule has 18 heavy (non-hydrogen) atoms. The van der Waals surface area contributed by atoms with Gasteiger partial charge in [0.05, 0.1) is 0 Å². The zero-order valence-electron chi connectivity index (χ0n) is 11.4. The number of hydrogen-bond donors (Lipinski definition) is 1. The van der Waals surface area contributed by atoms with Gasteiger partial charge in [-0.25, -0.2) is 0 Å². The first-order valence-electron chi connectivity index (χ1n) is 6.26. The van der Waals surface area contributed by atoms with Crippen LogP contribution in [0.1, 0.15) is 33.3 Å². The normalized spacial score (nSPS) is 20.5. The molecule has 0 unspecified atom stereocenters. The second-order valence-electron chi connectivity index (χ2n) is 6.20. The van der Waals surface area contributed by atoms with Gasteiger partial charge in [0.1, 0.15) is 0 Å². The molecule has 1 aromatic rings. The number of carbonyl (C=O) groups excluding carboxylic acids is 1. The quantitative estimate of drug-likeness (QED) is 0.821. The molecule has 1 N–H and O–H groups in total. The number of hydrogen-bond acceptors (Lipinski definition) is 1. The molecule has 1 aliphatic rings. The van der Waals surface area contributed by atoms with Crippen molar-refractivity contribution in [1.82, 2.24) is 0 Å². The molecule has 3 heteroatoms. The van der Waals surface area contributed by atoms with Crippen molar-refractivity contribution in [3.05, 3.63) is 29.8 Å². The Morgan fingerprint density at radius 1 is 1.28 bits per heavy atom. The highest BCUT2D eigenvalue weighted by Gasteiger charge is 2.68.